The number of terminal acetylenes is 1. The minimum absolute atomic E-state index is 0.431. The molecule has 0 aliphatic heterocycles. The standard InChI is InChI=1S/C7H5NS.C5H9N/c9-6-8-7-4-2-1-3-5-7;1-4-5(2,3)6/h1-5H;1H,6H2,2-3H3. The summed E-state index contributed by atoms with van der Waals surface area (Å²) in [6, 6.07) is 9.50. The molecule has 0 saturated carbocycles. The van der Waals surface area contributed by atoms with Crippen molar-refractivity contribution in [2.45, 2.75) is 19.4 Å². The van der Waals surface area contributed by atoms with Crippen molar-refractivity contribution in [3.05, 3.63) is 30.3 Å². The van der Waals surface area contributed by atoms with Crippen LogP contribution in [-0.4, -0.2) is 10.7 Å². The lowest BCUT2D eigenvalue weighted by Gasteiger charge is -2.05. The Bertz CT molecular complexity index is 365. The number of hydrogen-bond acceptors (Lipinski definition) is 3. The van der Waals surface area contributed by atoms with Gasteiger partial charge in [0.05, 0.1) is 16.4 Å². The van der Waals surface area contributed by atoms with Crippen molar-refractivity contribution >= 4 is 23.1 Å². The lowest BCUT2D eigenvalue weighted by molar-refractivity contribution is 0.681. The Hall–Kier alpha value is -1.46. The summed E-state index contributed by atoms with van der Waals surface area (Å²) in [7, 11) is 0. The van der Waals surface area contributed by atoms with Crippen molar-refractivity contribution in [1.29, 1.82) is 0 Å². The third kappa shape index (κ3) is 8.86. The first-order valence-corrected chi connectivity index (χ1v) is 4.80. The Kier molecular flexibility index (Phi) is 6.24. The van der Waals surface area contributed by atoms with Crippen molar-refractivity contribution in [3.63, 3.8) is 0 Å². The van der Waals surface area contributed by atoms with Gasteiger partial charge in [0.2, 0.25) is 0 Å². The zero-order chi connectivity index (χ0) is 11.7. The molecular formula is C12H14N2S. The van der Waals surface area contributed by atoms with Crippen LogP contribution in [0.4, 0.5) is 5.69 Å². The van der Waals surface area contributed by atoms with Gasteiger partial charge in [-0.05, 0) is 38.2 Å². The van der Waals surface area contributed by atoms with Crippen molar-refractivity contribution in [1.82, 2.24) is 0 Å². The van der Waals surface area contributed by atoms with Gasteiger partial charge in [0.25, 0.3) is 0 Å². The molecule has 0 spiro atoms. The molecule has 0 aliphatic rings. The highest BCUT2D eigenvalue weighted by Gasteiger charge is 2.00. The molecule has 0 aliphatic carbocycles. The smallest absolute Gasteiger partial charge is 0.0739 e. The Morgan fingerprint density at radius 2 is 1.80 bits per heavy atom. The zero-order valence-corrected chi connectivity index (χ0v) is 9.71. The summed E-state index contributed by atoms with van der Waals surface area (Å²) < 4.78 is 0. The number of isothiocyanates is 1. The minimum atomic E-state index is -0.431. The summed E-state index contributed by atoms with van der Waals surface area (Å²) in [4.78, 5) is 3.77. The second-order valence-electron chi connectivity index (χ2n) is 3.40. The first kappa shape index (κ1) is 13.5. The molecule has 0 heterocycles. The van der Waals surface area contributed by atoms with E-state index in [9.17, 15) is 0 Å². The van der Waals surface area contributed by atoms with Crippen LogP contribution in [0.3, 0.4) is 0 Å². The van der Waals surface area contributed by atoms with E-state index >= 15 is 0 Å². The van der Waals surface area contributed by atoms with Crippen LogP contribution in [0.5, 0.6) is 0 Å². The number of hydrogen-bond donors (Lipinski definition) is 1. The van der Waals surface area contributed by atoms with Crippen LogP contribution in [-0.2, 0) is 0 Å². The van der Waals surface area contributed by atoms with Gasteiger partial charge in [-0.1, -0.05) is 24.1 Å². The molecule has 1 aromatic carbocycles. The van der Waals surface area contributed by atoms with Gasteiger partial charge in [0.1, 0.15) is 0 Å². The second-order valence-corrected chi connectivity index (χ2v) is 3.59. The zero-order valence-electron chi connectivity index (χ0n) is 8.90. The normalized spacial score (nSPS) is 8.93. The SMILES string of the molecule is C#CC(C)(C)N.S=C=Nc1ccccc1. The summed E-state index contributed by atoms with van der Waals surface area (Å²) in [5, 5.41) is 2.29. The number of thiocarbonyl (C=S) groups is 1. The molecule has 0 aromatic heterocycles. The third-order valence-corrected chi connectivity index (χ3v) is 1.39. The first-order valence-electron chi connectivity index (χ1n) is 4.39. The summed E-state index contributed by atoms with van der Waals surface area (Å²) in [6.07, 6.45) is 4.93. The lowest BCUT2D eigenvalue weighted by atomic mass is 10.1. The maximum absolute atomic E-state index is 5.30. The van der Waals surface area contributed by atoms with Crippen molar-refractivity contribution in [2.24, 2.45) is 10.7 Å². The Balaban J connectivity index is 0.000000288. The molecule has 78 valence electrons. The second kappa shape index (κ2) is 6.92. The van der Waals surface area contributed by atoms with Crippen LogP contribution in [0, 0.1) is 12.3 Å². The molecule has 0 radical (unpaired) electrons. The predicted molar refractivity (Wildman–Crippen MR) is 68.2 cm³/mol. The molecule has 2 nitrogen and oxygen atoms in total. The van der Waals surface area contributed by atoms with Gasteiger partial charge in [0, 0.05) is 0 Å². The van der Waals surface area contributed by atoms with Gasteiger partial charge in [-0.15, -0.1) is 6.42 Å². The average molecular weight is 218 g/mol. The van der Waals surface area contributed by atoms with Crippen LogP contribution in [0.25, 0.3) is 0 Å². The number of benzene rings is 1. The fourth-order valence-corrected chi connectivity index (χ4v) is 0.661. The van der Waals surface area contributed by atoms with Crippen molar-refractivity contribution < 1.29 is 0 Å². The Morgan fingerprint density at radius 3 is 2.13 bits per heavy atom. The molecule has 0 amide bonds. The highest BCUT2D eigenvalue weighted by Crippen LogP contribution is 2.07. The van der Waals surface area contributed by atoms with E-state index in [0.29, 0.717) is 0 Å². The minimum Gasteiger partial charge on any atom is -0.316 e. The van der Waals surface area contributed by atoms with Crippen LogP contribution >= 0.6 is 12.2 Å². The molecule has 15 heavy (non-hydrogen) atoms. The van der Waals surface area contributed by atoms with E-state index in [-0.39, 0.29) is 0 Å². The molecule has 2 N–H and O–H groups in total. The number of nitrogens with zero attached hydrogens (tertiary/aromatic N) is 1. The fourth-order valence-electron chi connectivity index (χ4n) is 0.555. The number of rotatable bonds is 1. The van der Waals surface area contributed by atoms with Crippen molar-refractivity contribution in [3.8, 4) is 12.3 Å². The van der Waals surface area contributed by atoms with E-state index in [4.69, 9.17) is 12.2 Å². The highest BCUT2D eigenvalue weighted by atomic mass is 32.1. The first-order chi connectivity index (χ1) is 6.99. The molecule has 0 fully saturated rings. The number of para-hydroxylation sites is 1. The molecule has 0 saturated heterocycles. The highest BCUT2D eigenvalue weighted by molar-refractivity contribution is 7.78. The molecule has 0 unspecified atom stereocenters. The van der Waals surface area contributed by atoms with E-state index in [1.165, 1.54) is 0 Å². The van der Waals surface area contributed by atoms with Crippen LogP contribution in [0.2, 0.25) is 0 Å². The Labute approximate surface area is 96.2 Å². The maximum atomic E-state index is 5.30. The summed E-state index contributed by atoms with van der Waals surface area (Å²) >= 11 is 4.42. The van der Waals surface area contributed by atoms with Gasteiger partial charge >= 0.3 is 0 Å². The van der Waals surface area contributed by atoms with Crippen molar-refractivity contribution in [2.75, 3.05) is 0 Å². The largest absolute Gasteiger partial charge is 0.316 e. The average Bonchev–Trinajstić information content (AvgIpc) is 2.20. The maximum Gasteiger partial charge on any atom is 0.0739 e. The molecule has 3 heteroatoms. The van der Waals surface area contributed by atoms with Crippen LogP contribution in [0.15, 0.2) is 35.3 Å². The number of aliphatic imine (C=N–C) groups is 1. The lowest BCUT2D eigenvalue weighted by Crippen LogP contribution is -2.28. The monoisotopic (exact) mass is 218 g/mol. The summed E-state index contributed by atoms with van der Waals surface area (Å²) in [5.74, 6) is 2.38. The summed E-state index contributed by atoms with van der Waals surface area (Å²) in [5.41, 5.74) is 5.72. The van der Waals surface area contributed by atoms with E-state index in [2.05, 4.69) is 28.3 Å². The van der Waals surface area contributed by atoms with Crippen LogP contribution < -0.4 is 5.73 Å². The van der Waals surface area contributed by atoms with Gasteiger partial charge in [0.15, 0.2) is 0 Å². The fraction of sp³-hybridized carbons (Fsp3) is 0.250. The summed E-state index contributed by atoms with van der Waals surface area (Å²) in [6.45, 7) is 3.57. The topological polar surface area (TPSA) is 38.4 Å². The third-order valence-electron chi connectivity index (χ3n) is 1.30. The predicted octanol–water partition coefficient (Wildman–Crippen LogP) is 2.78. The van der Waals surface area contributed by atoms with E-state index in [1.54, 1.807) is 13.8 Å². The van der Waals surface area contributed by atoms with Crippen LogP contribution in [0.1, 0.15) is 13.8 Å². The van der Waals surface area contributed by atoms with E-state index in [1.807, 2.05) is 30.3 Å². The molecule has 1 rings (SSSR count). The van der Waals surface area contributed by atoms with Gasteiger partial charge in [-0.25, -0.2) is 0 Å². The Morgan fingerprint density at radius 1 is 1.33 bits per heavy atom. The molecule has 1 aromatic rings. The van der Waals surface area contributed by atoms with Gasteiger partial charge < -0.3 is 5.73 Å². The molecular weight excluding hydrogens is 204 g/mol. The molecule has 0 atom stereocenters. The van der Waals surface area contributed by atoms with E-state index in [0.717, 1.165) is 5.69 Å². The van der Waals surface area contributed by atoms with Gasteiger partial charge in [-0.2, -0.15) is 4.99 Å². The quantitative estimate of drug-likeness (QED) is 0.447. The van der Waals surface area contributed by atoms with E-state index < -0.39 is 5.54 Å². The number of nitrogens with two attached hydrogens (primary N) is 1. The van der Waals surface area contributed by atoms with Gasteiger partial charge in [-0.3, -0.25) is 0 Å². The molecule has 0 bridgehead atoms.